The van der Waals surface area contributed by atoms with E-state index in [4.69, 9.17) is 0 Å². The Hall–Kier alpha value is -2.40. The van der Waals surface area contributed by atoms with Gasteiger partial charge in [0, 0.05) is 23.5 Å². The Balaban J connectivity index is 2.26. The van der Waals surface area contributed by atoms with Crippen molar-refractivity contribution in [1.82, 2.24) is 10.3 Å². The first-order chi connectivity index (χ1) is 12.0. The number of benzene rings is 1. The molecular formula is C20H27N3O2. The fourth-order valence-corrected chi connectivity index (χ4v) is 3.07. The molecule has 5 nitrogen and oxygen atoms in total. The van der Waals surface area contributed by atoms with Crippen LogP contribution in [0.1, 0.15) is 64.9 Å². The number of amides is 1. The zero-order chi connectivity index (χ0) is 18.4. The fourth-order valence-electron chi connectivity index (χ4n) is 3.07. The van der Waals surface area contributed by atoms with E-state index in [2.05, 4.69) is 22.5 Å². The highest BCUT2D eigenvalue weighted by atomic mass is 16.2. The lowest BCUT2D eigenvalue weighted by Gasteiger charge is -2.09. The van der Waals surface area contributed by atoms with E-state index in [0.29, 0.717) is 17.7 Å². The van der Waals surface area contributed by atoms with E-state index >= 15 is 0 Å². The average Bonchev–Trinajstić information content (AvgIpc) is 2.90. The maximum atomic E-state index is 12.8. The molecule has 0 aliphatic rings. The predicted molar refractivity (Wildman–Crippen MR) is 101 cm³/mol. The van der Waals surface area contributed by atoms with Gasteiger partial charge in [0.2, 0.25) is 0 Å². The van der Waals surface area contributed by atoms with Crippen LogP contribution < -0.4 is 10.6 Å². The van der Waals surface area contributed by atoms with Crippen molar-refractivity contribution < 1.29 is 9.59 Å². The molecule has 2 rings (SSSR count). The Morgan fingerprint density at radius 3 is 2.60 bits per heavy atom. The largest absolute Gasteiger partial charge is 0.354 e. The van der Waals surface area contributed by atoms with Gasteiger partial charge in [-0.1, -0.05) is 32.4 Å². The van der Waals surface area contributed by atoms with Gasteiger partial charge in [0.15, 0.2) is 5.78 Å². The van der Waals surface area contributed by atoms with Gasteiger partial charge < -0.3 is 15.6 Å². The minimum absolute atomic E-state index is 0.0103. The molecule has 0 saturated carbocycles. The summed E-state index contributed by atoms with van der Waals surface area (Å²) in [5.41, 5.74) is 4.56. The van der Waals surface area contributed by atoms with Crippen molar-refractivity contribution in [2.45, 2.75) is 47.1 Å². The van der Waals surface area contributed by atoms with Crippen LogP contribution in [-0.2, 0) is 13.0 Å². The van der Waals surface area contributed by atoms with Gasteiger partial charge in [-0.25, -0.2) is 0 Å². The molecule has 0 radical (unpaired) electrons. The number of H-pyrrole nitrogens is 1. The molecule has 0 unspecified atom stereocenters. The Morgan fingerprint density at radius 2 is 1.96 bits per heavy atom. The Bertz CT molecular complexity index is 762. The summed E-state index contributed by atoms with van der Waals surface area (Å²) in [6.07, 6.45) is 1.57. The molecule has 0 saturated heterocycles. The van der Waals surface area contributed by atoms with Gasteiger partial charge >= 0.3 is 0 Å². The van der Waals surface area contributed by atoms with E-state index < -0.39 is 0 Å². The molecule has 25 heavy (non-hydrogen) atoms. The van der Waals surface area contributed by atoms with Crippen LogP contribution in [0.2, 0.25) is 0 Å². The third-order valence-corrected chi connectivity index (χ3v) is 4.13. The molecule has 0 aliphatic heterocycles. The highest BCUT2D eigenvalue weighted by molar-refractivity contribution is 6.07. The number of hydrogen-bond donors (Lipinski definition) is 3. The number of hydrogen-bond acceptors (Lipinski definition) is 3. The molecule has 3 N–H and O–H groups in total. The van der Waals surface area contributed by atoms with E-state index in [0.717, 1.165) is 42.0 Å². The van der Waals surface area contributed by atoms with Crippen molar-refractivity contribution in [1.29, 1.82) is 0 Å². The van der Waals surface area contributed by atoms with Crippen molar-refractivity contribution in [2.24, 2.45) is 0 Å². The zero-order valence-electron chi connectivity index (χ0n) is 15.5. The summed E-state index contributed by atoms with van der Waals surface area (Å²) in [6.45, 7) is 9.13. The molecule has 0 atom stereocenters. The maximum Gasteiger partial charge on any atom is 0.272 e. The van der Waals surface area contributed by atoms with E-state index in [-0.39, 0.29) is 11.7 Å². The molecule has 1 aromatic heterocycles. The summed E-state index contributed by atoms with van der Waals surface area (Å²) in [4.78, 5) is 27.8. The third-order valence-electron chi connectivity index (χ3n) is 4.13. The molecule has 0 aliphatic carbocycles. The lowest BCUT2D eigenvalue weighted by molar-refractivity contribution is 0.101. The molecular weight excluding hydrogens is 314 g/mol. The predicted octanol–water partition coefficient (Wildman–Crippen LogP) is 3.84. The summed E-state index contributed by atoms with van der Waals surface area (Å²) in [7, 11) is 0. The maximum absolute atomic E-state index is 12.8. The van der Waals surface area contributed by atoms with Crippen LogP contribution >= 0.6 is 0 Å². The van der Waals surface area contributed by atoms with Gasteiger partial charge in [0.25, 0.3) is 5.91 Å². The molecule has 5 heteroatoms. The minimum atomic E-state index is -0.209. The number of Topliss-reactive ketones (excluding diaryl/α,β-unsaturated/α-hetero) is 1. The number of aromatic nitrogens is 1. The topological polar surface area (TPSA) is 74.0 Å². The van der Waals surface area contributed by atoms with E-state index in [9.17, 15) is 9.59 Å². The highest BCUT2D eigenvalue weighted by Crippen LogP contribution is 2.22. The SMILES string of the molecule is CCCc1c(C(=O)Nc2cccc(CNCC)c2)[nH]c(C)c1C(C)=O. The number of nitrogens with one attached hydrogen (secondary N) is 3. The van der Waals surface area contributed by atoms with Crippen molar-refractivity contribution in [3.8, 4) is 0 Å². The number of rotatable bonds is 8. The number of anilines is 1. The van der Waals surface area contributed by atoms with Gasteiger partial charge in [0.05, 0.1) is 0 Å². The molecule has 134 valence electrons. The lowest BCUT2D eigenvalue weighted by atomic mass is 10.0. The number of ketones is 1. The zero-order valence-corrected chi connectivity index (χ0v) is 15.5. The van der Waals surface area contributed by atoms with E-state index in [1.165, 1.54) is 0 Å². The second-order valence-electron chi connectivity index (χ2n) is 6.22. The Labute approximate surface area is 149 Å². The van der Waals surface area contributed by atoms with Gasteiger partial charge in [0.1, 0.15) is 5.69 Å². The first-order valence-corrected chi connectivity index (χ1v) is 8.81. The monoisotopic (exact) mass is 341 g/mol. The van der Waals surface area contributed by atoms with Crippen LogP contribution in [-0.4, -0.2) is 23.2 Å². The van der Waals surface area contributed by atoms with Crippen LogP contribution in [0.4, 0.5) is 5.69 Å². The second-order valence-corrected chi connectivity index (χ2v) is 6.22. The molecule has 0 spiro atoms. The number of aryl methyl sites for hydroxylation is 1. The summed E-state index contributed by atoms with van der Waals surface area (Å²) < 4.78 is 0. The van der Waals surface area contributed by atoms with Crippen molar-refractivity contribution in [3.05, 3.63) is 52.3 Å². The van der Waals surface area contributed by atoms with E-state index in [1.54, 1.807) is 6.92 Å². The first kappa shape index (κ1) is 18.9. The summed E-state index contributed by atoms with van der Waals surface area (Å²) in [5, 5.41) is 6.21. The average molecular weight is 341 g/mol. The van der Waals surface area contributed by atoms with Crippen molar-refractivity contribution in [2.75, 3.05) is 11.9 Å². The molecule has 0 fully saturated rings. The molecule has 0 bridgehead atoms. The van der Waals surface area contributed by atoms with Crippen LogP contribution in [0.5, 0.6) is 0 Å². The van der Waals surface area contributed by atoms with Crippen LogP contribution in [0.15, 0.2) is 24.3 Å². The number of aromatic amines is 1. The smallest absolute Gasteiger partial charge is 0.272 e. The Kier molecular flexibility index (Phi) is 6.53. The third kappa shape index (κ3) is 4.57. The quantitative estimate of drug-likeness (QED) is 0.639. The molecule has 1 heterocycles. The lowest BCUT2D eigenvalue weighted by Crippen LogP contribution is -2.16. The summed E-state index contributed by atoms with van der Waals surface area (Å²) in [6, 6.07) is 7.78. The minimum Gasteiger partial charge on any atom is -0.354 e. The molecule has 1 aromatic carbocycles. The van der Waals surface area contributed by atoms with Gasteiger partial charge in [-0.05, 0) is 50.1 Å². The second kappa shape index (κ2) is 8.62. The van der Waals surface area contributed by atoms with Crippen LogP contribution in [0, 0.1) is 6.92 Å². The normalized spacial score (nSPS) is 10.7. The van der Waals surface area contributed by atoms with Crippen LogP contribution in [0.25, 0.3) is 0 Å². The van der Waals surface area contributed by atoms with Crippen molar-refractivity contribution >= 4 is 17.4 Å². The molecule has 1 amide bonds. The summed E-state index contributed by atoms with van der Waals surface area (Å²) >= 11 is 0. The van der Waals surface area contributed by atoms with E-state index in [1.807, 2.05) is 38.1 Å². The fraction of sp³-hybridized carbons (Fsp3) is 0.400. The van der Waals surface area contributed by atoms with Gasteiger partial charge in [-0.3, -0.25) is 9.59 Å². The highest BCUT2D eigenvalue weighted by Gasteiger charge is 2.22. The van der Waals surface area contributed by atoms with Gasteiger partial charge in [-0.2, -0.15) is 0 Å². The number of carbonyl (C=O) groups is 2. The van der Waals surface area contributed by atoms with Gasteiger partial charge in [-0.15, -0.1) is 0 Å². The Morgan fingerprint density at radius 1 is 1.20 bits per heavy atom. The summed E-state index contributed by atoms with van der Waals surface area (Å²) in [5.74, 6) is -0.219. The molecule has 2 aromatic rings. The van der Waals surface area contributed by atoms with Crippen molar-refractivity contribution in [3.63, 3.8) is 0 Å². The standard InChI is InChI=1S/C20H27N3O2/c1-5-8-17-18(14(4)24)13(3)22-19(17)20(25)23-16-10-7-9-15(11-16)12-21-6-2/h7,9-11,21-22H,5-6,8,12H2,1-4H3,(H,23,25). The first-order valence-electron chi connectivity index (χ1n) is 8.81. The number of carbonyl (C=O) groups excluding carboxylic acids is 2. The van der Waals surface area contributed by atoms with Crippen LogP contribution in [0.3, 0.4) is 0 Å².